The minimum atomic E-state index is 0.921. The average Bonchev–Trinajstić information content (AvgIpc) is 2.79. The fourth-order valence-electron chi connectivity index (χ4n) is 1.45. The second kappa shape index (κ2) is 3.10. The number of halogens is 1. The van der Waals surface area contributed by atoms with Crippen LogP contribution < -0.4 is 0 Å². The van der Waals surface area contributed by atoms with Crippen LogP contribution in [0.4, 0.5) is 0 Å². The summed E-state index contributed by atoms with van der Waals surface area (Å²) in [6.07, 6.45) is 3.97. The topological polar surface area (TPSA) is 0 Å². The number of benzene rings is 1. The highest BCUT2D eigenvalue weighted by molar-refractivity contribution is 6.31. The summed E-state index contributed by atoms with van der Waals surface area (Å²) in [5.74, 6) is 0.921. The minimum absolute atomic E-state index is 0.921. The predicted molar refractivity (Wildman–Crippen MR) is 52.6 cm³/mol. The van der Waals surface area contributed by atoms with Crippen LogP contribution in [0.5, 0.6) is 0 Å². The molecule has 0 saturated heterocycles. The number of hydrogen-bond acceptors (Lipinski definition) is 0. The van der Waals surface area contributed by atoms with E-state index in [1.54, 1.807) is 0 Å². The van der Waals surface area contributed by atoms with Crippen molar-refractivity contribution in [3.63, 3.8) is 0 Å². The van der Waals surface area contributed by atoms with Crippen LogP contribution >= 0.6 is 11.6 Å². The summed E-state index contributed by atoms with van der Waals surface area (Å²) in [6.45, 7) is 2.08. The van der Waals surface area contributed by atoms with Crippen LogP contribution in [0.3, 0.4) is 0 Å². The number of hydrogen-bond donors (Lipinski definition) is 0. The Hall–Kier alpha value is -0.490. The van der Waals surface area contributed by atoms with Gasteiger partial charge in [-0.25, -0.2) is 0 Å². The zero-order chi connectivity index (χ0) is 8.55. The lowest BCUT2D eigenvalue weighted by atomic mass is 10.1. The van der Waals surface area contributed by atoms with Crippen LogP contribution in [-0.2, 0) is 6.42 Å². The highest BCUT2D eigenvalue weighted by Crippen LogP contribution is 2.34. The third kappa shape index (κ3) is 1.81. The summed E-state index contributed by atoms with van der Waals surface area (Å²) in [6, 6.07) is 6.36. The first kappa shape index (κ1) is 8.12. The molecule has 0 unspecified atom stereocenters. The van der Waals surface area contributed by atoms with E-state index in [0.717, 1.165) is 10.9 Å². The number of rotatable bonds is 2. The third-order valence-corrected chi connectivity index (χ3v) is 2.77. The van der Waals surface area contributed by atoms with E-state index in [1.165, 1.54) is 30.4 Å². The van der Waals surface area contributed by atoms with Crippen LogP contribution in [0.25, 0.3) is 0 Å². The lowest BCUT2D eigenvalue weighted by Gasteiger charge is -2.03. The second-order valence-corrected chi connectivity index (χ2v) is 4.15. The standard InChI is InChI=1S/C11H13Cl/c1-8-2-5-10(11(12)6-8)7-9-3-4-9/h2,5-6,9H,3-4,7H2,1H3. The van der Waals surface area contributed by atoms with Gasteiger partial charge in [0.2, 0.25) is 0 Å². The minimum Gasteiger partial charge on any atom is -0.0840 e. The van der Waals surface area contributed by atoms with Crippen LogP contribution in [0, 0.1) is 12.8 Å². The Labute approximate surface area is 78.6 Å². The Morgan fingerprint density at radius 3 is 2.75 bits per heavy atom. The molecule has 2 rings (SSSR count). The molecule has 12 heavy (non-hydrogen) atoms. The van der Waals surface area contributed by atoms with Gasteiger partial charge in [0, 0.05) is 5.02 Å². The Morgan fingerprint density at radius 2 is 2.17 bits per heavy atom. The molecule has 64 valence electrons. The van der Waals surface area contributed by atoms with Crippen molar-refractivity contribution in [1.29, 1.82) is 0 Å². The van der Waals surface area contributed by atoms with E-state index in [4.69, 9.17) is 11.6 Å². The first-order valence-corrected chi connectivity index (χ1v) is 4.88. The molecule has 1 aliphatic rings. The molecule has 0 aromatic heterocycles. The molecular weight excluding hydrogens is 168 g/mol. The fourth-order valence-corrected chi connectivity index (χ4v) is 1.76. The molecule has 0 amide bonds. The summed E-state index contributed by atoms with van der Waals surface area (Å²) in [7, 11) is 0. The zero-order valence-corrected chi connectivity index (χ0v) is 8.06. The quantitative estimate of drug-likeness (QED) is 0.653. The fraction of sp³-hybridized carbons (Fsp3) is 0.455. The van der Waals surface area contributed by atoms with Crippen LogP contribution in [0.15, 0.2) is 18.2 Å². The van der Waals surface area contributed by atoms with Gasteiger partial charge in [-0.1, -0.05) is 23.7 Å². The Morgan fingerprint density at radius 1 is 1.42 bits per heavy atom. The van der Waals surface area contributed by atoms with Gasteiger partial charge in [0.15, 0.2) is 0 Å². The van der Waals surface area contributed by atoms with Gasteiger partial charge in [-0.05, 0) is 49.3 Å². The Balaban J connectivity index is 2.18. The van der Waals surface area contributed by atoms with E-state index >= 15 is 0 Å². The summed E-state index contributed by atoms with van der Waals surface area (Å²) in [5.41, 5.74) is 2.57. The first-order valence-electron chi connectivity index (χ1n) is 4.51. The number of aryl methyl sites for hydroxylation is 1. The van der Waals surface area contributed by atoms with Crippen molar-refractivity contribution >= 4 is 11.6 Å². The predicted octanol–water partition coefficient (Wildman–Crippen LogP) is 3.60. The molecule has 1 heteroatoms. The highest BCUT2D eigenvalue weighted by atomic mass is 35.5. The second-order valence-electron chi connectivity index (χ2n) is 3.74. The molecule has 1 fully saturated rings. The van der Waals surface area contributed by atoms with Gasteiger partial charge in [-0.15, -0.1) is 0 Å². The first-order chi connectivity index (χ1) is 5.75. The van der Waals surface area contributed by atoms with E-state index in [-0.39, 0.29) is 0 Å². The lowest BCUT2D eigenvalue weighted by Crippen LogP contribution is -1.88. The normalized spacial score (nSPS) is 16.5. The molecule has 0 N–H and O–H groups in total. The van der Waals surface area contributed by atoms with Crippen LogP contribution in [0.2, 0.25) is 5.02 Å². The molecule has 0 aliphatic heterocycles. The van der Waals surface area contributed by atoms with Gasteiger partial charge < -0.3 is 0 Å². The molecule has 0 atom stereocenters. The SMILES string of the molecule is Cc1ccc(CC2CC2)c(Cl)c1. The lowest BCUT2D eigenvalue weighted by molar-refractivity contribution is 0.832. The monoisotopic (exact) mass is 180 g/mol. The van der Waals surface area contributed by atoms with E-state index in [9.17, 15) is 0 Å². The van der Waals surface area contributed by atoms with Crippen molar-refractivity contribution in [2.75, 3.05) is 0 Å². The summed E-state index contributed by atoms with van der Waals surface area (Å²) in [4.78, 5) is 0. The Bertz CT molecular complexity index is 287. The molecule has 0 bridgehead atoms. The maximum Gasteiger partial charge on any atom is 0.0440 e. The summed E-state index contributed by atoms with van der Waals surface area (Å²) in [5, 5.41) is 0.946. The van der Waals surface area contributed by atoms with Crippen molar-refractivity contribution in [3.8, 4) is 0 Å². The summed E-state index contributed by atoms with van der Waals surface area (Å²) < 4.78 is 0. The maximum absolute atomic E-state index is 6.10. The van der Waals surface area contributed by atoms with E-state index in [1.807, 2.05) is 0 Å². The van der Waals surface area contributed by atoms with E-state index < -0.39 is 0 Å². The molecular formula is C11H13Cl. The zero-order valence-electron chi connectivity index (χ0n) is 7.31. The van der Waals surface area contributed by atoms with Crippen molar-refractivity contribution in [2.45, 2.75) is 26.2 Å². The molecule has 0 spiro atoms. The van der Waals surface area contributed by atoms with Gasteiger partial charge in [-0.3, -0.25) is 0 Å². The summed E-state index contributed by atoms with van der Waals surface area (Å²) >= 11 is 6.10. The molecule has 1 aromatic carbocycles. The molecule has 0 radical (unpaired) electrons. The average molecular weight is 181 g/mol. The van der Waals surface area contributed by atoms with Crippen LogP contribution in [0.1, 0.15) is 24.0 Å². The van der Waals surface area contributed by atoms with Gasteiger partial charge in [0.25, 0.3) is 0 Å². The molecule has 0 heterocycles. The molecule has 1 aliphatic carbocycles. The Kier molecular flexibility index (Phi) is 2.10. The van der Waals surface area contributed by atoms with Gasteiger partial charge in [-0.2, -0.15) is 0 Å². The van der Waals surface area contributed by atoms with Crippen molar-refractivity contribution in [2.24, 2.45) is 5.92 Å². The highest BCUT2D eigenvalue weighted by Gasteiger charge is 2.22. The van der Waals surface area contributed by atoms with Gasteiger partial charge in [0.1, 0.15) is 0 Å². The third-order valence-electron chi connectivity index (χ3n) is 2.41. The van der Waals surface area contributed by atoms with Crippen LogP contribution in [-0.4, -0.2) is 0 Å². The van der Waals surface area contributed by atoms with Gasteiger partial charge >= 0.3 is 0 Å². The van der Waals surface area contributed by atoms with Crippen molar-refractivity contribution in [3.05, 3.63) is 34.3 Å². The van der Waals surface area contributed by atoms with Gasteiger partial charge in [0.05, 0.1) is 0 Å². The molecule has 1 aromatic rings. The van der Waals surface area contributed by atoms with E-state index in [2.05, 4.69) is 25.1 Å². The largest absolute Gasteiger partial charge is 0.0840 e. The maximum atomic E-state index is 6.10. The molecule has 1 saturated carbocycles. The molecule has 0 nitrogen and oxygen atoms in total. The van der Waals surface area contributed by atoms with Crippen molar-refractivity contribution in [1.82, 2.24) is 0 Å². The smallest absolute Gasteiger partial charge is 0.0440 e. The van der Waals surface area contributed by atoms with Crippen molar-refractivity contribution < 1.29 is 0 Å². The van der Waals surface area contributed by atoms with E-state index in [0.29, 0.717) is 0 Å².